The summed E-state index contributed by atoms with van der Waals surface area (Å²) in [6.45, 7) is 2.01. The van der Waals surface area contributed by atoms with Crippen molar-refractivity contribution in [1.82, 2.24) is 10.3 Å². The highest BCUT2D eigenvalue weighted by molar-refractivity contribution is 5.69. The summed E-state index contributed by atoms with van der Waals surface area (Å²) in [4.78, 5) is 11.5. The molecule has 1 heterocycles. The number of aromatic nitrogens is 2. The Balaban J connectivity index is 1.68. The normalized spacial score (nSPS) is 10.2. The fraction of sp³-hybridized carbons (Fsp3) is 0.308. The third-order valence-corrected chi connectivity index (χ3v) is 2.57. The Morgan fingerprint density at radius 2 is 2.05 bits per heavy atom. The number of hydrogen-bond donors (Lipinski definition) is 1. The molecule has 0 atom stereocenters. The number of nitrogens with zero attached hydrogens (tertiary/aromatic N) is 2. The van der Waals surface area contributed by atoms with E-state index in [2.05, 4.69) is 14.9 Å². The Bertz CT molecular complexity index is 565. The van der Waals surface area contributed by atoms with E-state index < -0.39 is 0 Å². The number of benzene rings is 1. The van der Waals surface area contributed by atoms with Gasteiger partial charge in [-0.2, -0.15) is 0 Å². The molecule has 1 aromatic carbocycles. The molecule has 0 aliphatic carbocycles. The molecule has 20 heavy (non-hydrogen) atoms. The van der Waals surface area contributed by atoms with Crippen molar-refractivity contribution < 1.29 is 18.9 Å². The van der Waals surface area contributed by atoms with Crippen LogP contribution in [0.1, 0.15) is 17.8 Å². The molecule has 0 bridgehead atoms. The summed E-state index contributed by atoms with van der Waals surface area (Å²) < 4.78 is 14.9. The van der Waals surface area contributed by atoms with Crippen molar-refractivity contribution in [3.05, 3.63) is 35.7 Å². The van der Waals surface area contributed by atoms with Crippen LogP contribution in [0.3, 0.4) is 0 Å². The van der Waals surface area contributed by atoms with E-state index in [1.807, 2.05) is 0 Å². The highest BCUT2D eigenvalue weighted by Gasteiger charge is 2.09. The number of ether oxygens (including phenoxy) is 2. The molecular formula is C13H15N3O4. The van der Waals surface area contributed by atoms with Gasteiger partial charge in [0, 0.05) is 5.69 Å². The topological polar surface area (TPSA) is 100 Å². The van der Waals surface area contributed by atoms with Crippen LogP contribution < -0.4 is 10.5 Å². The average molecular weight is 277 g/mol. The van der Waals surface area contributed by atoms with Gasteiger partial charge in [-0.1, -0.05) is 10.3 Å². The zero-order valence-corrected chi connectivity index (χ0v) is 11.0. The first kappa shape index (κ1) is 13.9. The summed E-state index contributed by atoms with van der Waals surface area (Å²) in [7, 11) is 0. The molecule has 2 aromatic rings. The van der Waals surface area contributed by atoms with Gasteiger partial charge in [0.25, 0.3) is 0 Å². The van der Waals surface area contributed by atoms with Gasteiger partial charge in [0.2, 0.25) is 0 Å². The van der Waals surface area contributed by atoms with Crippen LogP contribution in [0.2, 0.25) is 0 Å². The number of carbonyl (C=O) groups is 1. The Kier molecular flexibility index (Phi) is 4.54. The van der Waals surface area contributed by atoms with Crippen LogP contribution in [0.4, 0.5) is 5.69 Å². The molecule has 0 amide bonds. The molecule has 0 saturated heterocycles. The molecule has 7 nitrogen and oxygen atoms in total. The maximum atomic E-state index is 11.5. The van der Waals surface area contributed by atoms with E-state index in [0.717, 1.165) is 0 Å². The maximum absolute atomic E-state index is 11.5. The van der Waals surface area contributed by atoms with Gasteiger partial charge in [-0.25, -0.2) is 4.63 Å². The fourth-order valence-corrected chi connectivity index (χ4v) is 1.42. The SMILES string of the molecule is Cc1nonc1COC(=O)CCOc1ccc(N)cc1. The van der Waals surface area contributed by atoms with Gasteiger partial charge in [-0.05, 0) is 31.2 Å². The molecule has 2 rings (SSSR count). The molecule has 2 N–H and O–H groups in total. The highest BCUT2D eigenvalue weighted by Crippen LogP contribution is 2.13. The molecule has 0 spiro atoms. The van der Waals surface area contributed by atoms with Crippen molar-refractivity contribution in [1.29, 1.82) is 0 Å². The quantitative estimate of drug-likeness (QED) is 0.630. The standard InChI is InChI=1S/C13H15N3O4/c1-9-12(16-20-15-9)8-19-13(17)6-7-18-11-4-2-10(14)3-5-11/h2-5H,6-8,14H2,1H3. The second-order valence-corrected chi connectivity index (χ2v) is 4.12. The Morgan fingerprint density at radius 1 is 1.30 bits per heavy atom. The van der Waals surface area contributed by atoms with Crippen molar-refractivity contribution in [2.24, 2.45) is 0 Å². The van der Waals surface area contributed by atoms with Gasteiger partial charge in [0.1, 0.15) is 23.7 Å². The molecule has 0 saturated carbocycles. The summed E-state index contributed by atoms with van der Waals surface area (Å²) in [6, 6.07) is 6.94. The van der Waals surface area contributed by atoms with Gasteiger partial charge in [-0.3, -0.25) is 4.79 Å². The van der Waals surface area contributed by atoms with Crippen LogP contribution in [0.15, 0.2) is 28.9 Å². The van der Waals surface area contributed by atoms with Gasteiger partial charge >= 0.3 is 5.97 Å². The number of anilines is 1. The van der Waals surface area contributed by atoms with E-state index in [1.165, 1.54) is 0 Å². The van der Waals surface area contributed by atoms with Gasteiger partial charge < -0.3 is 15.2 Å². The van der Waals surface area contributed by atoms with Crippen molar-refractivity contribution in [2.75, 3.05) is 12.3 Å². The predicted molar refractivity (Wildman–Crippen MR) is 69.8 cm³/mol. The first-order chi connectivity index (χ1) is 9.65. The first-order valence-corrected chi connectivity index (χ1v) is 6.07. The van der Waals surface area contributed by atoms with E-state index in [0.29, 0.717) is 22.8 Å². The minimum absolute atomic E-state index is 0.0516. The highest BCUT2D eigenvalue weighted by atomic mass is 16.6. The van der Waals surface area contributed by atoms with E-state index in [9.17, 15) is 4.79 Å². The van der Waals surface area contributed by atoms with Crippen molar-refractivity contribution in [2.45, 2.75) is 20.0 Å². The minimum atomic E-state index is -0.372. The number of aryl methyl sites for hydroxylation is 1. The minimum Gasteiger partial charge on any atom is -0.493 e. The summed E-state index contributed by atoms with van der Waals surface area (Å²) in [5, 5.41) is 7.21. The molecule has 0 unspecified atom stereocenters. The molecule has 0 fully saturated rings. The van der Waals surface area contributed by atoms with E-state index in [4.69, 9.17) is 15.2 Å². The third-order valence-electron chi connectivity index (χ3n) is 2.57. The van der Waals surface area contributed by atoms with Crippen molar-refractivity contribution >= 4 is 11.7 Å². The Labute approximate surface area is 115 Å². The van der Waals surface area contributed by atoms with Gasteiger partial charge in [-0.15, -0.1) is 0 Å². The average Bonchev–Trinajstić information content (AvgIpc) is 2.84. The Hall–Kier alpha value is -2.57. The van der Waals surface area contributed by atoms with Crippen LogP contribution in [0, 0.1) is 6.92 Å². The zero-order valence-electron chi connectivity index (χ0n) is 11.0. The molecule has 0 aliphatic rings. The van der Waals surface area contributed by atoms with Crippen LogP contribution >= 0.6 is 0 Å². The predicted octanol–water partition coefficient (Wildman–Crippen LogP) is 1.47. The largest absolute Gasteiger partial charge is 0.493 e. The lowest BCUT2D eigenvalue weighted by atomic mass is 10.3. The van der Waals surface area contributed by atoms with Crippen LogP contribution in [0.5, 0.6) is 5.75 Å². The fourth-order valence-electron chi connectivity index (χ4n) is 1.42. The lowest BCUT2D eigenvalue weighted by Crippen LogP contribution is -2.10. The number of rotatable bonds is 6. The smallest absolute Gasteiger partial charge is 0.309 e. The first-order valence-electron chi connectivity index (χ1n) is 6.07. The number of hydrogen-bond acceptors (Lipinski definition) is 7. The van der Waals surface area contributed by atoms with Crippen LogP contribution in [-0.4, -0.2) is 22.9 Å². The van der Waals surface area contributed by atoms with Crippen LogP contribution in [0.25, 0.3) is 0 Å². The Morgan fingerprint density at radius 3 is 2.70 bits per heavy atom. The van der Waals surface area contributed by atoms with Gasteiger partial charge in [0.05, 0.1) is 13.0 Å². The van der Waals surface area contributed by atoms with Crippen molar-refractivity contribution in [3.8, 4) is 5.75 Å². The second-order valence-electron chi connectivity index (χ2n) is 4.12. The summed E-state index contributed by atoms with van der Waals surface area (Å²) in [6.07, 6.45) is 0.148. The number of nitrogens with two attached hydrogens (primary N) is 1. The summed E-state index contributed by atoms with van der Waals surface area (Å²) >= 11 is 0. The lowest BCUT2D eigenvalue weighted by Gasteiger charge is -2.06. The molecule has 106 valence electrons. The third kappa shape index (κ3) is 3.98. The molecule has 7 heteroatoms. The monoisotopic (exact) mass is 277 g/mol. The number of carbonyl (C=O) groups excluding carboxylic acids is 1. The summed E-state index contributed by atoms with van der Waals surface area (Å²) in [5.74, 6) is 0.284. The van der Waals surface area contributed by atoms with E-state index in [1.54, 1.807) is 31.2 Å². The zero-order chi connectivity index (χ0) is 14.4. The summed E-state index contributed by atoms with van der Waals surface area (Å²) in [5.41, 5.74) is 7.33. The molecule has 1 aromatic heterocycles. The maximum Gasteiger partial charge on any atom is 0.309 e. The molecular weight excluding hydrogens is 262 g/mol. The van der Waals surface area contributed by atoms with E-state index in [-0.39, 0.29) is 25.6 Å². The van der Waals surface area contributed by atoms with Crippen molar-refractivity contribution in [3.63, 3.8) is 0 Å². The second kappa shape index (κ2) is 6.55. The van der Waals surface area contributed by atoms with Crippen LogP contribution in [-0.2, 0) is 16.1 Å². The molecule has 0 aliphatic heterocycles. The number of nitrogen functional groups attached to an aromatic ring is 1. The lowest BCUT2D eigenvalue weighted by molar-refractivity contribution is -0.145. The van der Waals surface area contributed by atoms with E-state index >= 15 is 0 Å². The van der Waals surface area contributed by atoms with Gasteiger partial charge in [0.15, 0.2) is 0 Å². The molecule has 0 radical (unpaired) electrons. The number of esters is 1.